The Morgan fingerprint density at radius 1 is 1.42 bits per heavy atom. The zero-order chi connectivity index (χ0) is 9.14. The zero-order valence-electron chi connectivity index (χ0n) is 7.58. The van der Waals surface area contributed by atoms with Crippen molar-refractivity contribution in [1.29, 1.82) is 0 Å². The maximum Gasteiger partial charge on any atom is 0.0543 e. The van der Waals surface area contributed by atoms with E-state index in [9.17, 15) is 0 Å². The van der Waals surface area contributed by atoms with E-state index in [4.69, 9.17) is 11.5 Å². The van der Waals surface area contributed by atoms with Crippen LogP contribution in [0.2, 0.25) is 0 Å². The van der Waals surface area contributed by atoms with Gasteiger partial charge in [0.25, 0.3) is 0 Å². The van der Waals surface area contributed by atoms with E-state index in [1.165, 1.54) is 9.75 Å². The average Bonchev–Trinajstić information content (AvgIpc) is 2.49. The van der Waals surface area contributed by atoms with E-state index >= 15 is 0 Å². The molecule has 0 fully saturated rings. The first-order valence-electron chi connectivity index (χ1n) is 4.22. The molecule has 12 heavy (non-hydrogen) atoms. The van der Waals surface area contributed by atoms with E-state index < -0.39 is 0 Å². The molecule has 0 aliphatic carbocycles. The number of nitrogens with two attached hydrogens (primary N) is 2. The van der Waals surface area contributed by atoms with Crippen LogP contribution < -0.4 is 11.5 Å². The van der Waals surface area contributed by atoms with Crippen LogP contribution in [0.1, 0.15) is 29.1 Å². The van der Waals surface area contributed by atoms with Gasteiger partial charge in [0, 0.05) is 15.8 Å². The molecular formula is C9H16N2S. The van der Waals surface area contributed by atoms with Gasteiger partial charge >= 0.3 is 0 Å². The molecule has 0 aliphatic rings. The van der Waals surface area contributed by atoms with Crippen molar-refractivity contribution in [1.82, 2.24) is 0 Å². The Balaban J connectivity index is 2.70. The van der Waals surface area contributed by atoms with Crippen molar-refractivity contribution in [3.05, 3.63) is 21.9 Å². The Labute approximate surface area is 77.6 Å². The van der Waals surface area contributed by atoms with Crippen LogP contribution in [-0.2, 0) is 0 Å². The summed E-state index contributed by atoms with van der Waals surface area (Å²) in [7, 11) is 0. The first-order valence-corrected chi connectivity index (χ1v) is 5.04. The summed E-state index contributed by atoms with van der Waals surface area (Å²) in [6, 6.07) is 4.25. The molecule has 0 spiro atoms. The van der Waals surface area contributed by atoms with Gasteiger partial charge in [-0.05, 0) is 25.5 Å². The second kappa shape index (κ2) is 4.03. The van der Waals surface area contributed by atoms with Crippen LogP contribution in [-0.4, -0.2) is 6.04 Å². The van der Waals surface area contributed by atoms with Crippen LogP contribution >= 0.6 is 11.3 Å². The minimum atomic E-state index is 0.00806. The largest absolute Gasteiger partial charge is 0.326 e. The Morgan fingerprint density at radius 3 is 2.50 bits per heavy atom. The highest BCUT2D eigenvalue weighted by atomic mass is 32.1. The molecule has 0 amide bonds. The molecule has 0 aliphatic heterocycles. The molecule has 1 heterocycles. The predicted octanol–water partition coefficient (Wildman–Crippen LogP) is 1.79. The molecule has 0 radical (unpaired) electrons. The lowest BCUT2D eigenvalue weighted by atomic mass is 10.1. The van der Waals surface area contributed by atoms with E-state index in [0.717, 1.165) is 6.42 Å². The molecule has 0 saturated heterocycles. The quantitative estimate of drug-likeness (QED) is 0.752. The van der Waals surface area contributed by atoms with E-state index in [0.29, 0.717) is 0 Å². The number of aryl methyl sites for hydroxylation is 1. The minimum Gasteiger partial charge on any atom is -0.326 e. The lowest BCUT2D eigenvalue weighted by Crippen LogP contribution is -2.32. The summed E-state index contributed by atoms with van der Waals surface area (Å²) in [5.41, 5.74) is 11.8. The van der Waals surface area contributed by atoms with Crippen molar-refractivity contribution in [2.45, 2.75) is 32.4 Å². The average molecular weight is 184 g/mol. The third-order valence-electron chi connectivity index (χ3n) is 2.02. The number of hydrogen-bond donors (Lipinski definition) is 2. The molecule has 1 aromatic rings. The van der Waals surface area contributed by atoms with Gasteiger partial charge in [-0.15, -0.1) is 11.3 Å². The third kappa shape index (κ3) is 2.06. The van der Waals surface area contributed by atoms with Gasteiger partial charge in [0.1, 0.15) is 0 Å². The Hall–Kier alpha value is -0.380. The molecule has 0 unspecified atom stereocenters. The summed E-state index contributed by atoms with van der Waals surface area (Å²) >= 11 is 1.73. The molecule has 2 atom stereocenters. The summed E-state index contributed by atoms with van der Waals surface area (Å²) in [4.78, 5) is 2.49. The van der Waals surface area contributed by atoms with Crippen molar-refractivity contribution >= 4 is 11.3 Å². The topological polar surface area (TPSA) is 52.0 Å². The second-order valence-corrected chi connectivity index (χ2v) is 4.37. The van der Waals surface area contributed by atoms with E-state index in [-0.39, 0.29) is 12.1 Å². The molecule has 4 N–H and O–H groups in total. The fourth-order valence-electron chi connectivity index (χ4n) is 1.10. The van der Waals surface area contributed by atoms with Crippen molar-refractivity contribution in [2.24, 2.45) is 11.5 Å². The molecule has 0 saturated carbocycles. The SMILES string of the molecule is CC[C@H](N)[C@@H](N)c1ccc(C)s1. The molecule has 3 heteroatoms. The molecule has 68 valence electrons. The van der Waals surface area contributed by atoms with E-state index in [1.54, 1.807) is 11.3 Å². The van der Waals surface area contributed by atoms with Crippen LogP contribution in [0.25, 0.3) is 0 Å². The summed E-state index contributed by atoms with van der Waals surface area (Å²) < 4.78 is 0. The number of hydrogen-bond acceptors (Lipinski definition) is 3. The molecule has 1 aromatic heterocycles. The molecule has 2 nitrogen and oxygen atoms in total. The highest BCUT2D eigenvalue weighted by molar-refractivity contribution is 7.12. The first kappa shape index (κ1) is 9.71. The van der Waals surface area contributed by atoms with Gasteiger partial charge in [-0.25, -0.2) is 0 Å². The van der Waals surface area contributed by atoms with Crippen LogP contribution in [0, 0.1) is 6.92 Å². The fraction of sp³-hybridized carbons (Fsp3) is 0.556. The third-order valence-corrected chi connectivity index (χ3v) is 3.12. The molecule has 0 aromatic carbocycles. The van der Waals surface area contributed by atoms with Gasteiger partial charge in [-0.3, -0.25) is 0 Å². The Bertz CT molecular complexity index is 244. The maximum absolute atomic E-state index is 5.95. The van der Waals surface area contributed by atoms with Crippen molar-refractivity contribution in [3.8, 4) is 0 Å². The lowest BCUT2D eigenvalue weighted by molar-refractivity contribution is 0.539. The van der Waals surface area contributed by atoms with Gasteiger partial charge in [-0.1, -0.05) is 6.92 Å². The van der Waals surface area contributed by atoms with Gasteiger partial charge in [0.05, 0.1) is 6.04 Å². The van der Waals surface area contributed by atoms with Gasteiger partial charge in [-0.2, -0.15) is 0 Å². The highest BCUT2D eigenvalue weighted by Gasteiger charge is 2.14. The Morgan fingerprint density at radius 2 is 2.08 bits per heavy atom. The molecule has 0 bridgehead atoms. The van der Waals surface area contributed by atoms with Crippen LogP contribution in [0.3, 0.4) is 0 Å². The predicted molar refractivity (Wildman–Crippen MR) is 54.3 cm³/mol. The molecular weight excluding hydrogens is 168 g/mol. The minimum absolute atomic E-state index is 0.00806. The van der Waals surface area contributed by atoms with Gasteiger partial charge in [0.15, 0.2) is 0 Å². The van der Waals surface area contributed by atoms with E-state index in [2.05, 4.69) is 26.0 Å². The van der Waals surface area contributed by atoms with Crippen molar-refractivity contribution < 1.29 is 0 Å². The molecule has 1 rings (SSSR count). The summed E-state index contributed by atoms with van der Waals surface area (Å²) in [6.07, 6.45) is 0.929. The monoisotopic (exact) mass is 184 g/mol. The van der Waals surface area contributed by atoms with Crippen LogP contribution in [0.5, 0.6) is 0 Å². The van der Waals surface area contributed by atoms with Crippen LogP contribution in [0.4, 0.5) is 0 Å². The van der Waals surface area contributed by atoms with Crippen LogP contribution in [0.15, 0.2) is 12.1 Å². The van der Waals surface area contributed by atoms with Gasteiger partial charge in [0.2, 0.25) is 0 Å². The number of rotatable bonds is 3. The standard InChI is InChI=1S/C9H16N2S/c1-3-7(10)9(11)8-5-4-6(2)12-8/h4-5,7,9H,3,10-11H2,1-2H3/t7-,9+/m0/s1. The van der Waals surface area contributed by atoms with E-state index in [1.807, 2.05) is 0 Å². The lowest BCUT2D eigenvalue weighted by Gasteiger charge is -2.16. The van der Waals surface area contributed by atoms with Gasteiger partial charge < -0.3 is 11.5 Å². The highest BCUT2D eigenvalue weighted by Crippen LogP contribution is 2.23. The first-order chi connectivity index (χ1) is 5.65. The zero-order valence-corrected chi connectivity index (χ0v) is 8.40. The van der Waals surface area contributed by atoms with Crippen molar-refractivity contribution in [2.75, 3.05) is 0 Å². The summed E-state index contributed by atoms with van der Waals surface area (Å²) in [5.74, 6) is 0. The fourth-order valence-corrected chi connectivity index (χ4v) is 2.05. The second-order valence-electron chi connectivity index (χ2n) is 3.05. The smallest absolute Gasteiger partial charge is 0.0543 e. The summed E-state index contributed by atoms with van der Waals surface area (Å²) in [6.45, 7) is 4.14. The number of thiophene rings is 1. The summed E-state index contributed by atoms with van der Waals surface area (Å²) in [5, 5.41) is 0. The normalized spacial score (nSPS) is 16.0. The Kier molecular flexibility index (Phi) is 3.26. The maximum atomic E-state index is 5.95. The van der Waals surface area contributed by atoms with Crippen molar-refractivity contribution in [3.63, 3.8) is 0 Å².